The maximum atomic E-state index is 14.5. The molecular formula is C66H103ClF2N14O13. The van der Waals surface area contributed by atoms with Gasteiger partial charge in [-0.05, 0) is 100 Å². The number of rotatable bonds is 15. The predicted octanol–water partition coefficient (Wildman–Crippen LogP) is 3.95. The Balaban J connectivity index is 0.000000299. The fourth-order valence-corrected chi connectivity index (χ4v) is 12.2. The van der Waals surface area contributed by atoms with Crippen LogP contribution in [0.15, 0.2) is 36.4 Å². The molecule has 27 nitrogen and oxygen atoms in total. The smallest absolute Gasteiger partial charge is 0.328 e. The number of carboxylic acids is 1. The number of fused-ring (bicyclic) bond motifs is 2. The van der Waals surface area contributed by atoms with E-state index in [9.17, 15) is 66.9 Å². The molecule has 4 aliphatic heterocycles. The SMILES string of the molecule is CC(C)(C)NC(=O)N[C@H](C(=O)N1CCN(C(=O)N2Cc3cccc(F)c3C2)[C@@H](C(=O)NC(CC2CCC2)C(O)C(N)=O)C1)C(C)(C)C.CC(C)(C)NC(=O)N[C@H](C(=O)N1CCN(C(=O)N2Cc3cccc(F)c3C2)[C@@H](C(=O)O)C1)C(C)(C)C.Cl.NC(=O)C(O)C(N)CC1CCC1. The number of halogens is 3. The molecule has 0 radical (unpaired) electrons. The van der Waals surface area contributed by atoms with Gasteiger partial charge in [-0.15, -0.1) is 12.4 Å². The number of nitrogens with zero attached hydrogens (tertiary/aromatic N) is 6. The van der Waals surface area contributed by atoms with E-state index in [0.717, 1.165) is 19.3 Å². The highest BCUT2D eigenvalue weighted by molar-refractivity contribution is 5.93. The molecule has 2 aromatic rings. The summed E-state index contributed by atoms with van der Waals surface area (Å²) < 4.78 is 28.7. The number of urea groups is 4. The third kappa shape index (κ3) is 21.2. The van der Waals surface area contributed by atoms with E-state index >= 15 is 0 Å². The molecule has 8 rings (SSSR count). The van der Waals surface area contributed by atoms with Gasteiger partial charge in [0.15, 0.2) is 6.10 Å². The van der Waals surface area contributed by atoms with Crippen LogP contribution in [0.1, 0.15) is 157 Å². The van der Waals surface area contributed by atoms with E-state index < -0.39 is 142 Å². The summed E-state index contributed by atoms with van der Waals surface area (Å²) in [5.74, 6) is -4.47. The van der Waals surface area contributed by atoms with Crippen LogP contribution in [-0.4, -0.2) is 203 Å². The number of aliphatic carboxylic acids is 1. The number of hydrogen-bond acceptors (Lipinski definition) is 13. The van der Waals surface area contributed by atoms with Crippen LogP contribution < -0.4 is 43.8 Å². The fraction of sp³-hybridized carbons (Fsp3) is 0.667. The molecule has 4 fully saturated rings. The number of primary amides is 2. The van der Waals surface area contributed by atoms with Crippen molar-refractivity contribution in [1.82, 2.24) is 56.0 Å². The molecule has 0 aromatic heterocycles. The Bertz CT molecular complexity index is 3150. The van der Waals surface area contributed by atoms with Gasteiger partial charge in [0.25, 0.3) is 0 Å². The molecule has 2 aromatic carbocycles. The van der Waals surface area contributed by atoms with Crippen LogP contribution >= 0.6 is 12.4 Å². The Kier molecular flexibility index (Phi) is 26.9. The van der Waals surface area contributed by atoms with E-state index in [1.165, 1.54) is 60.8 Å². The zero-order chi connectivity index (χ0) is 71.0. The van der Waals surface area contributed by atoms with Gasteiger partial charge in [-0.2, -0.15) is 0 Å². The molecule has 2 saturated carbocycles. The molecular weight excluding hydrogens is 1270 g/mol. The minimum Gasteiger partial charge on any atom is -0.480 e. The first-order chi connectivity index (χ1) is 44.0. The van der Waals surface area contributed by atoms with Crippen LogP contribution in [0, 0.1) is 34.3 Å². The van der Waals surface area contributed by atoms with Gasteiger partial charge in [-0.3, -0.25) is 24.0 Å². The maximum Gasteiger partial charge on any atom is 0.328 e. The van der Waals surface area contributed by atoms with Crippen molar-refractivity contribution in [3.63, 3.8) is 0 Å². The van der Waals surface area contributed by atoms with Gasteiger partial charge >= 0.3 is 30.1 Å². The number of hydrogen-bond donors (Lipinski definition) is 11. The molecule has 536 valence electrons. The molecule has 2 aliphatic carbocycles. The Morgan fingerprint density at radius 2 is 0.927 bits per heavy atom. The zero-order valence-electron chi connectivity index (χ0n) is 57.5. The van der Waals surface area contributed by atoms with Crippen LogP contribution in [0.4, 0.5) is 28.0 Å². The first-order valence-corrected chi connectivity index (χ1v) is 32.7. The summed E-state index contributed by atoms with van der Waals surface area (Å²) >= 11 is 0. The summed E-state index contributed by atoms with van der Waals surface area (Å²) in [6.07, 6.45) is 4.59. The highest BCUT2D eigenvalue weighted by atomic mass is 35.5. The van der Waals surface area contributed by atoms with Crippen LogP contribution in [0.2, 0.25) is 0 Å². The molecule has 2 saturated heterocycles. The summed E-state index contributed by atoms with van der Waals surface area (Å²) in [5.41, 5.74) is 15.7. The topological polar surface area (TPSA) is 389 Å². The Morgan fingerprint density at radius 3 is 1.27 bits per heavy atom. The lowest BCUT2D eigenvalue weighted by Gasteiger charge is -2.44. The third-order valence-corrected chi connectivity index (χ3v) is 17.9. The third-order valence-electron chi connectivity index (χ3n) is 17.9. The van der Waals surface area contributed by atoms with E-state index in [2.05, 4.69) is 26.6 Å². The first-order valence-electron chi connectivity index (χ1n) is 32.7. The van der Waals surface area contributed by atoms with Crippen molar-refractivity contribution < 1.29 is 72.0 Å². The maximum absolute atomic E-state index is 14.5. The van der Waals surface area contributed by atoms with E-state index in [1.807, 2.05) is 83.1 Å². The van der Waals surface area contributed by atoms with Crippen molar-refractivity contribution in [2.75, 3.05) is 39.3 Å². The van der Waals surface area contributed by atoms with Crippen LogP contribution in [0.5, 0.6) is 0 Å². The van der Waals surface area contributed by atoms with Gasteiger partial charge in [0.2, 0.25) is 29.5 Å². The largest absolute Gasteiger partial charge is 0.480 e. The minimum atomic E-state index is -1.64. The molecule has 30 heteroatoms. The van der Waals surface area contributed by atoms with Crippen molar-refractivity contribution in [2.24, 2.45) is 39.9 Å². The molecule has 8 atom stereocenters. The molecule has 14 N–H and O–H groups in total. The van der Waals surface area contributed by atoms with Crippen LogP contribution in [0.25, 0.3) is 0 Å². The fourth-order valence-electron chi connectivity index (χ4n) is 12.2. The monoisotopic (exact) mass is 1370 g/mol. The van der Waals surface area contributed by atoms with E-state index in [4.69, 9.17) is 22.3 Å². The lowest BCUT2D eigenvalue weighted by atomic mass is 9.79. The van der Waals surface area contributed by atoms with Crippen molar-refractivity contribution in [1.29, 1.82) is 0 Å². The van der Waals surface area contributed by atoms with Gasteiger partial charge < -0.3 is 88.5 Å². The number of carbonyl (C=O) groups is 10. The Morgan fingerprint density at radius 1 is 0.542 bits per heavy atom. The molecule has 4 heterocycles. The van der Waals surface area contributed by atoms with Gasteiger partial charge in [0.1, 0.15) is 41.9 Å². The summed E-state index contributed by atoms with van der Waals surface area (Å²) in [6.45, 7) is 22.0. The average Bonchev–Trinajstić information content (AvgIpc) is 1.46. The standard InChI is InChI=1S/C33H50FN7O6.C25H36FN5O5.C8H16N2O2.ClH/c1-32(2,3)26(37-30(46)38-33(4,5)6)29(45)39-13-14-41(31(47)40-16-20-11-8-12-22(34)21(20)17-40)24(18-39)28(44)36-23(25(42)27(35)43)15-19-9-7-10-19;1-24(2,3)19(27-22(35)28-25(4,5)6)20(32)29-10-11-31(18(14-29)21(33)34)23(36)30-12-15-8-7-9-17(26)16(15)13-30;9-6(7(11)8(10)12)4-5-2-1-3-5;/h8,11-12,19,23-26,42H,7,9-10,13-18H2,1-6H3,(H2,35,43)(H,36,44)(H2,37,38,46);7-9,18-19H,10-14H2,1-6H3,(H,33,34)(H2,27,28,35);5-7,11H,1-4,9H2,(H2,10,12);1H/t23?,24-,25?,26-;18-,19-;;/m11../s1. The van der Waals surface area contributed by atoms with E-state index in [1.54, 1.807) is 24.3 Å². The highest BCUT2D eigenvalue weighted by Gasteiger charge is 2.47. The average molecular weight is 1370 g/mol. The van der Waals surface area contributed by atoms with Gasteiger partial charge in [0.05, 0.1) is 32.2 Å². The van der Waals surface area contributed by atoms with E-state index in [0.29, 0.717) is 41.0 Å². The van der Waals surface area contributed by atoms with Gasteiger partial charge in [-0.1, -0.05) is 104 Å². The second kappa shape index (κ2) is 32.6. The van der Waals surface area contributed by atoms with Crippen molar-refractivity contribution in [3.8, 4) is 0 Å². The number of piperazine rings is 2. The van der Waals surface area contributed by atoms with Crippen molar-refractivity contribution >= 4 is 72.0 Å². The summed E-state index contributed by atoms with van der Waals surface area (Å²) in [4.78, 5) is 137. The van der Waals surface area contributed by atoms with Gasteiger partial charge in [0, 0.05) is 67.5 Å². The van der Waals surface area contributed by atoms with Gasteiger partial charge in [-0.25, -0.2) is 32.8 Å². The molecule has 13 amide bonds. The molecule has 96 heavy (non-hydrogen) atoms. The predicted molar refractivity (Wildman–Crippen MR) is 355 cm³/mol. The number of benzene rings is 2. The van der Waals surface area contributed by atoms with Crippen LogP contribution in [0.3, 0.4) is 0 Å². The quantitative estimate of drug-likeness (QED) is 0.120. The second-order valence-corrected chi connectivity index (χ2v) is 30.2. The number of carboxylic acid groups (broad SMARTS) is 1. The number of nitrogens with one attached hydrogen (secondary N) is 5. The lowest BCUT2D eigenvalue weighted by Crippen LogP contribution is -2.67. The Labute approximate surface area is 567 Å². The number of aliphatic hydroxyl groups is 2. The van der Waals surface area contributed by atoms with Crippen LogP contribution in [-0.2, 0) is 54.9 Å². The van der Waals surface area contributed by atoms with Crippen molar-refractivity contribution in [2.45, 2.75) is 220 Å². The summed E-state index contributed by atoms with van der Waals surface area (Å²) in [7, 11) is 0. The Hall–Kier alpha value is -7.63. The number of carbonyl (C=O) groups excluding carboxylic acids is 9. The summed E-state index contributed by atoms with van der Waals surface area (Å²) in [5, 5.41) is 43.6. The lowest BCUT2D eigenvalue weighted by molar-refractivity contribution is -0.148. The normalized spacial score (nSPS) is 20.0. The minimum absolute atomic E-state index is 0. The number of aliphatic hydroxyl groups excluding tert-OH is 2. The van der Waals surface area contributed by atoms with E-state index in [-0.39, 0.29) is 83.8 Å². The molecule has 0 bridgehead atoms. The summed E-state index contributed by atoms with van der Waals surface area (Å²) in [6, 6.07) is 1.46. The van der Waals surface area contributed by atoms with Crippen molar-refractivity contribution in [3.05, 3.63) is 70.3 Å². The number of amides is 13. The second-order valence-electron chi connectivity index (χ2n) is 30.2. The zero-order valence-corrected chi connectivity index (χ0v) is 58.3. The highest BCUT2D eigenvalue weighted by Crippen LogP contribution is 2.34. The number of nitrogens with two attached hydrogens (primary N) is 3. The molecule has 4 unspecified atom stereocenters. The molecule has 6 aliphatic rings. The first kappa shape index (κ1) is 79.1. The molecule has 0 spiro atoms.